The Hall–Kier alpha value is -4.25. The van der Waals surface area contributed by atoms with E-state index in [1.807, 2.05) is 91.0 Å². The Labute approximate surface area is 199 Å². The smallest absolute Gasteiger partial charge is 0.244 e. The number of carbonyl (C=O) groups is 1. The number of ether oxygens (including phenoxy) is 3. The molecule has 0 aromatic heterocycles. The molecule has 4 aromatic carbocycles. The predicted molar refractivity (Wildman–Crippen MR) is 134 cm³/mol. The zero-order chi connectivity index (χ0) is 24.0. The molecule has 0 bridgehead atoms. The summed E-state index contributed by atoms with van der Waals surface area (Å²) in [6, 6.07) is 32.9. The molecule has 0 aliphatic rings. The van der Waals surface area contributed by atoms with Crippen molar-refractivity contribution >= 4 is 11.6 Å². The van der Waals surface area contributed by atoms with Gasteiger partial charge < -0.3 is 19.5 Å². The number of benzene rings is 4. The van der Waals surface area contributed by atoms with Crippen LogP contribution < -0.4 is 19.5 Å². The minimum Gasteiger partial charge on any atom is -0.493 e. The molecule has 172 valence electrons. The molecule has 0 spiro atoms. The van der Waals surface area contributed by atoms with E-state index in [9.17, 15) is 4.79 Å². The first-order chi connectivity index (χ1) is 16.6. The molecule has 1 N–H and O–H groups in total. The summed E-state index contributed by atoms with van der Waals surface area (Å²) < 4.78 is 16.4. The van der Waals surface area contributed by atoms with Crippen LogP contribution in [-0.2, 0) is 10.2 Å². The summed E-state index contributed by atoms with van der Waals surface area (Å²) in [5.41, 5.74) is 2.02. The average Bonchev–Trinajstić information content (AvgIpc) is 2.90. The minimum absolute atomic E-state index is 0.203. The summed E-state index contributed by atoms with van der Waals surface area (Å²) in [5.74, 6) is 1.18. The number of carbonyl (C=O) groups excluding carboxylic acids is 1. The van der Waals surface area contributed by atoms with Gasteiger partial charge in [-0.2, -0.15) is 0 Å². The molecular formula is C29H27NO4. The molecule has 0 saturated carbocycles. The summed E-state index contributed by atoms with van der Waals surface area (Å²) in [4.78, 5) is 14.4. The van der Waals surface area contributed by atoms with Crippen molar-refractivity contribution in [2.45, 2.75) is 5.41 Å². The summed E-state index contributed by atoms with van der Waals surface area (Å²) in [7, 11) is 4.64. The van der Waals surface area contributed by atoms with Gasteiger partial charge in [-0.3, -0.25) is 4.79 Å². The zero-order valence-corrected chi connectivity index (χ0v) is 19.4. The van der Waals surface area contributed by atoms with Crippen molar-refractivity contribution in [3.8, 4) is 17.2 Å². The fourth-order valence-corrected chi connectivity index (χ4v) is 4.34. The summed E-state index contributed by atoms with van der Waals surface area (Å²) >= 11 is 0. The van der Waals surface area contributed by atoms with Crippen molar-refractivity contribution in [1.29, 1.82) is 0 Å². The van der Waals surface area contributed by atoms with E-state index in [1.54, 1.807) is 33.5 Å². The Balaban J connectivity index is 1.93. The molecule has 5 nitrogen and oxygen atoms in total. The first kappa shape index (κ1) is 22.9. The highest BCUT2D eigenvalue weighted by atomic mass is 16.5. The Bertz CT molecular complexity index is 1120. The Kier molecular flexibility index (Phi) is 6.83. The van der Waals surface area contributed by atoms with Crippen LogP contribution in [0.4, 0.5) is 5.69 Å². The maximum absolute atomic E-state index is 14.4. The van der Waals surface area contributed by atoms with Crippen LogP contribution in [0.25, 0.3) is 0 Å². The summed E-state index contributed by atoms with van der Waals surface area (Å²) in [5, 5.41) is 3.12. The minimum atomic E-state index is -1.09. The van der Waals surface area contributed by atoms with Gasteiger partial charge in [-0.1, -0.05) is 91.0 Å². The SMILES string of the molecule is COc1cc(NC(=O)C(c2ccccc2)(c2ccccc2)c2ccccc2)cc(OC)c1OC. The largest absolute Gasteiger partial charge is 0.493 e. The van der Waals surface area contributed by atoms with Crippen LogP contribution in [0.15, 0.2) is 103 Å². The van der Waals surface area contributed by atoms with Gasteiger partial charge >= 0.3 is 0 Å². The number of nitrogens with one attached hydrogen (secondary N) is 1. The van der Waals surface area contributed by atoms with E-state index < -0.39 is 5.41 Å². The lowest BCUT2D eigenvalue weighted by Crippen LogP contribution is -2.42. The average molecular weight is 454 g/mol. The van der Waals surface area contributed by atoms with Gasteiger partial charge in [0.25, 0.3) is 0 Å². The highest BCUT2D eigenvalue weighted by molar-refractivity contribution is 6.05. The molecular weight excluding hydrogens is 426 g/mol. The zero-order valence-electron chi connectivity index (χ0n) is 19.4. The first-order valence-corrected chi connectivity index (χ1v) is 10.9. The van der Waals surface area contributed by atoms with Gasteiger partial charge in [-0.05, 0) is 16.7 Å². The Morgan fingerprint density at radius 3 is 1.32 bits per heavy atom. The second-order valence-corrected chi connectivity index (χ2v) is 7.72. The Morgan fingerprint density at radius 2 is 1.00 bits per heavy atom. The van der Waals surface area contributed by atoms with Crippen LogP contribution in [0.5, 0.6) is 17.2 Å². The summed E-state index contributed by atoms with van der Waals surface area (Å²) in [6.07, 6.45) is 0. The first-order valence-electron chi connectivity index (χ1n) is 10.9. The fourth-order valence-electron chi connectivity index (χ4n) is 4.34. The normalized spacial score (nSPS) is 10.9. The molecule has 5 heteroatoms. The third-order valence-corrected chi connectivity index (χ3v) is 5.88. The van der Waals surface area contributed by atoms with Gasteiger partial charge in [0.15, 0.2) is 11.5 Å². The molecule has 0 atom stereocenters. The maximum Gasteiger partial charge on any atom is 0.244 e. The number of methoxy groups -OCH3 is 3. The van der Waals surface area contributed by atoms with Crippen molar-refractivity contribution in [3.63, 3.8) is 0 Å². The van der Waals surface area contributed by atoms with Crippen LogP contribution in [0.2, 0.25) is 0 Å². The van der Waals surface area contributed by atoms with E-state index in [-0.39, 0.29) is 5.91 Å². The van der Waals surface area contributed by atoms with E-state index in [1.165, 1.54) is 0 Å². The van der Waals surface area contributed by atoms with Crippen molar-refractivity contribution in [1.82, 2.24) is 0 Å². The van der Waals surface area contributed by atoms with Gasteiger partial charge in [-0.15, -0.1) is 0 Å². The van der Waals surface area contributed by atoms with Crippen LogP contribution >= 0.6 is 0 Å². The predicted octanol–water partition coefficient (Wildman–Crippen LogP) is 5.69. The molecule has 0 fully saturated rings. The van der Waals surface area contributed by atoms with Crippen LogP contribution in [0, 0.1) is 0 Å². The quantitative estimate of drug-likeness (QED) is 0.349. The lowest BCUT2D eigenvalue weighted by molar-refractivity contribution is -0.119. The number of hydrogen-bond acceptors (Lipinski definition) is 4. The second kappa shape index (κ2) is 10.1. The van der Waals surface area contributed by atoms with E-state index in [2.05, 4.69) is 5.32 Å². The molecule has 0 saturated heterocycles. The van der Waals surface area contributed by atoms with E-state index in [0.717, 1.165) is 16.7 Å². The van der Waals surface area contributed by atoms with E-state index in [4.69, 9.17) is 14.2 Å². The monoisotopic (exact) mass is 453 g/mol. The molecule has 0 radical (unpaired) electrons. The van der Waals surface area contributed by atoms with Gasteiger partial charge in [0, 0.05) is 17.8 Å². The lowest BCUT2D eigenvalue weighted by atomic mass is 9.68. The number of amides is 1. The highest BCUT2D eigenvalue weighted by Crippen LogP contribution is 2.43. The van der Waals surface area contributed by atoms with Crippen molar-refractivity contribution in [3.05, 3.63) is 120 Å². The van der Waals surface area contributed by atoms with Crippen LogP contribution in [0.1, 0.15) is 16.7 Å². The van der Waals surface area contributed by atoms with Crippen LogP contribution in [-0.4, -0.2) is 27.2 Å². The topological polar surface area (TPSA) is 56.8 Å². The van der Waals surface area contributed by atoms with Crippen molar-refractivity contribution in [2.75, 3.05) is 26.6 Å². The highest BCUT2D eigenvalue weighted by Gasteiger charge is 2.43. The van der Waals surface area contributed by atoms with Gasteiger partial charge in [0.2, 0.25) is 11.7 Å². The molecule has 0 heterocycles. The lowest BCUT2D eigenvalue weighted by Gasteiger charge is -2.34. The molecule has 0 aliphatic heterocycles. The maximum atomic E-state index is 14.4. The molecule has 1 amide bonds. The molecule has 34 heavy (non-hydrogen) atoms. The van der Waals surface area contributed by atoms with Gasteiger partial charge in [0.05, 0.1) is 21.3 Å². The van der Waals surface area contributed by atoms with Crippen molar-refractivity contribution < 1.29 is 19.0 Å². The summed E-state index contributed by atoms with van der Waals surface area (Å²) in [6.45, 7) is 0. The number of anilines is 1. The molecule has 4 aromatic rings. The molecule has 0 aliphatic carbocycles. The van der Waals surface area contributed by atoms with E-state index in [0.29, 0.717) is 22.9 Å². The second-order valence-electron chi connectivity index (χ2n) is 7.72. The number of rotatable bonds is 8. The van der Waals surface area contributed by atoms with Crippen molar-refractivity contribution in [2.24, 2.45) is 0 Å². The standard InChI is InChI=1S/C29H27NO4/c1-32-25-19-24(20-26(33-2)27(25)34-3)30-28(31)29(21-13-7-4-8-14-21,22-15-9-5-10-16-22)23-17-11-6-12-18-23/h4-20H,1-3H3,(H,30,31). The van der Waals surface area contributed by atoms with Gasteiger partial charge in [0.1, 0.15) is 5.41 Å². The van der Waals surface area contributed by atoms with Crippen LogP contribution in [0.3, 0.4) is 0 Å². The van der Waals surface area contributed by atoms with Gasteiger partial charge in [-0.25, -0.2) is 0 Å². The third kappa shape index (κ3) is 4.08. The van der Waals surface area contributed by atoms with E-state index >= 15 is 0 Å². The third-order valence-electron chi connectivity index (χ3n) is 5.88. The molecule has 0 unspecified atom stereocenters. The fraction of sp³-hybridized carbons (Fsp3) is 0.138. The Morgan fingerprint density at radius 1 is 0.618 bits per heavy atom. The molecule has 4 rings (SSSR count). The number of hydrogen-bond donors (Lipinski definition) is 1.